The molecule has 0 saturated carbocycles. The van der Waals surface area contributed by atoms with E-state index in [2.05, 4.69) is 36.2 Å². The number of sulfonamides is 1. The number of amides is 1. The second kappa shape index (κ2) is 10.7. The Hall–Kier alpha value is -2.72. The normalized spacial score (nSPS) is 14.8. The van der Waals surface area contributed by atoms with Crippen LogP contribution in [0.15, 0.2) is 70.9 Å². The molecule has 1 fully saturated rings. The van der Waals surface area contributed by atoms with Gasteiger partial charge in [-0.1, -0.05) is 18.2 Å². The Morgan fingerprint density at radius 3 is 2.29 bits per heavy atom. The lowest BCUT2D eigenvalue weighted by atomic mass is 10.1. The van der Waals surface area contributed by atoms with Gasteiger partial charge in [-0.2, -0.15) is 4.31 Å². The smallest absolute Gasteiger partial charge is 0.252 e. The van der Waals surface area contributed by atoms with E-state index in [-0.39, 0.29) is 22.6 Å². The summed E-state index contributed by atoms with van der Waals surface area (Å²) in [7, 11) is -3.54. The Morgan fingerprint density at radius 2 is 1.65 bits per heavy atom. The van der Waals surface area contributed by atoms with Crippen molar-refractivity contribution < 1.29 is 17.9 Å². The van der Waals surface area contributed by atoms with Gasteiger partial charge in [-0.15, -0.1) is 11.3 Å². The molecule has 1 amide bonds. The fourth-order valence-corrected chi connectivity index (χ4v) is 6.83. The molecule has 0 aliphatic carbocycles. The van der Waals surface area contributed by atoms with E-state index in [1.165, 1.54) is 4.31 Å². The summed E-state index contributed by atoms with van der Waals surface area (Å²) in [5.41, 5.74) is 2.84. The summed E-state index contributed by atoms with van der Waals surface area (Å²) < 4.78 is 32.5. The molecule has 1 N–H and O–H groups in total. The number of carbonyl (C=O) groups is 1. The van der Waals surface area contributed by atoms with E-state index in [4.69, 9.17) is 4.74 Å². The molecule has 1 saturated heterocycles. The molecule has 0 unspecified atom stereocenters. The average molecular weight is 500 g/mol. The van der Waals surface area contributed by atoms with Gasteiger partial charge in [-0.25, -0.2) is 8.42 Å². The SMILES string of the molecule is CC(C)N(c1ccccc1)c1ccc(NC(=O)Cc2ccc(S(=O)(=O)N3CCOCC3)s2)cc1. The summed E-state index contributed by atoms with van der Waals surface area (Å²) in [5, 5.41) is 2.91. The summed E-state index contributed by atoms with van der Waals surface area (Å²) in [5.74, 6) is -0.186. The number of hydrogen-bond donors (Lipinski definition) is 1. The van der Waals surface area contributed by atoms with Crippen LogP contribution in [0.3, 0.4) is 0 Å². The molecule has 9 heteroatoms. The molecular formula is C25H29N3O4S2. The molecule has 4 rings (SSSR count). The Bertz CT molecular complexity index is 1200. The van der Waals surface area contributed by atoms with Crippen molar-refractivity contribution in [2.24, 2.45) is 0 Å². The van der Waals surface area contributed by atoms with Crippen molar-refractivity contribution in [3.8, 4) is 0 Å². The Labute approximate surface area is 205 Å². The third-order valence-electron chi connectivity index (χ3n) is 5.52. The Kier molecular flexibility index (Phi) is 7.67. The summed E-state index contributed by atoms with van der Waals surface area (Å²) >= 11 is 1.14. The molecule has 0 atom stereocenters. The van der Waals surface area contributed by atoms with Crippen LogP contribution in [0, 0.1) is 0 Å². The van der Waals surface area contributed by atoms with Crippen LogP contribution >= 0.6 is 11.3 Å². The maximum Gasteiger partial charge on any atom is 0.252 e. The van der Waals surface area contributed by atoms with Crippen molar-refractivity contribution in [3.05, 3.63) is 71.6 Å². The highest BCUT2D eigenvalue weighted by molar-refractivity contribution is 7.91. The molecule has 2 aromatic carbocycles. The van der Waals surface area contributed by atoms with Crippen LogP contribution in [0.4, 0.5) is 17.1 Å². The fourth-order valence-electron chi connectivity index (χ4n) is 3.91. The number of nitrogens with zero attached hydrogens (tertiary/aromatic N) is 2. The highest BCUT2D eigenvalue weighted by Gasteiger charge is 2.28. The number of nitrogens with one attached hydrogen (secondary N) is 1. The molecule has 1 aliphatic rings. The number of ether oxygens (including phenoxy) is 1. The third-order valence-corrected chi connectivity index (χ3v) is 8.97. The van der Waals surface area contributed by atoms with E-state index in [9.17, 15) is 13.2 Å². The minimum Gasteiger partial charge on any atom is -0.379 e. The van der Waals surface area contributed by atoms with Crippen LogP contribution in [0.5, 0.6) is 0 Å². The van der Waals surface area contributed by atoms with Gasteiger partial charge in [0.15, 0.2) is 0 Å². The number of hydrogen-bond acceptors (Lipinski definition) is 6. The van der Waals surface area contributed by atoms with Crippen LogP contribution in [0.25, 0.3) is 0 Å². The minimum atomic E-state index is -3.54. The first-order valence-electron chi connectivity index (χ1n) is 11.3. The molecule has 34 heavy (non-hydrogen) atoms. The van der Waals surface area contributed by atoms with Gasteiger partial charge in [-0.05, 0) is 62.4 Å². The number of benzene rings is 2. The summed E-state index contributed by atoms with van der Waals surface area (Å²) in [6.07, 6.45) is 0.118. The molecule has 0 spiro atoms. The van der Waals surface area contributed by atoms with E-state index < -0.39 is 10.0 Å². The van der Waals surface area contributed by atoms with E-state index in [1.54, 1.807) is 12.1 Å². The monoisotopic (exact) mass is 499 g/mol. The predicted molar refractivity (Wildman–Crippen MR) is 136 cm³/mol. The average Bonchev–Trinajstić information content (AvgIpc) is 3.30. The molecule has 1 aliphatic heterocycles. The molecule has 1 aromatic heterocycles. The highest BCUT2D eigenvalue weighted by Crippen LogP contribution is 2.29. The van der Waals surface area contributed by atoms with Crippen LogP contribution in [0.2, 0.25) is 0 Å². The quantitative estimate of drug-likeness (QED) is 0.494. The van der Waals surface area contributed by atoms with Crippen molar-refractivity contribution in [1.82, 2.24) is 4.31 Å². The maximum atomic E-state index is 12.8. The highest BCUT2D eigenvalue weighted by atomic mass is 32.2. The van der Waals surface area contributed by atoms with Gasteiger partial charge in [0.05, 0.1) is 19.6 Å². The predicted octanol–water partition coefficient (Wildman–Crippen LogP) is 4.50. The lowest BCUT2D eigenvalue weighted by Gasteiger charge is -2.29. The van der Waals surface area contributed by atoms with Gasteiger partial charge < -0.3 is 15.0 Å². The largest absolute Gasteiger partial charge is 0.379 e. The van der Waals surface area contributed by atoms with Gasteiger partial charge >= 0.3 is 0 Å². The van der Waals surface area contributed by atoms with Gasteiger partial charge in [0.2, 0.25) is 5.91 Å². The summed E-state index contributed by atoms with van der Waals surface area (Å²) in [6.45, 7) is 5.78. The van der Waals surface area contributed by atoms with Crippen LogP contribution in [-0.2, 0) is 26.0 Å². The first kappa shape index (κ1) is 24.4. The minimum absolute atomic E-state index is 0.118. The molecule has 7 nitrogen and oxygen atoms in total. The van der Waals surface area contributed by atoms with Gasteiger partial charge in [0.25, 0.3) is 10.0 Å². The van der Waals surface area contributed by atoms with E-state index >= 15 is 0 Å². The number of anilines is 3. The van der Waals surface area contributed by atoms with Gasteiger partial charge in [-0.3, -0.25) is 4.79 Å². The number of rotatable bonds is 8. The zero-order valence-electron chi connectivity index (χ0n) is 19.3. The molecule has 0 bridgehead atoms. The zero-order chi connectivity index (χ0) is 24.1. The number of carbonyl (C=O) groups excluding carboxylic acids is 1. The van der Waals surface area contributed by atoms with E-state index in [0.717, 1.165) is 22.7 Å². The van der Waals surface area contributed by atoms with E-state index in [0.29, 0.717) is 36.9 Å². The first-order chi connectivity index (χ1) is 16.3. The summed E-state index contributed by atoms with van der Waals surface area (Å²) in [6, 6.07) is 21.5. The molecule has 2 heterocycles. The van der Waals surface area contributed by atoms with Crippen LogP contribution in [-0.4, -0.2) is 51.0 Å². The maximum absolute atomic E-state index is 12.8. The fraction of sp³-hybridized carbons (Fsp3) is 0.320. The van der Waals surface area contributed by atoms with Crippen molar-refractivity contribution in [2.75, 3.05) is 36.5 Å². The molecule has 3 aromatic rings. The number of thiophene rings is 1. The summed E-state index contributed by atoms with van der Waals surface area (Å²) in [4.78, 5) is 15.5. The molecular weight excluding hydrogens is 470 g/mol. The van der Waals surface area contributed by atoms with Crippen molar-refractivity contribution in [1.29, 1.82) is 0 Å². The Balaban J connectivity index is 1.39. The number of morpholine rings is 1. The lowest BCUT2D eigenvalue weighted by molar-refractivity contribution is -0.115. The lowest BCUT2D eigenvalue weighted by Crippen LogP contribution is -2.40. The van der Waals surface area contributed by atoms with Crippen molar-refractivity contribution >= 4 is 44.3 Å². The van der Waals surface area contributed by atoms with Crippen molar-refractivity contribution in [3.63, 3.8) is 0 Å². The third kappa shape index (κ3) is 5.67. The zero-order valence-corrected chi connectivity index (χ0v) is 20.9. The second-order valence-electron chi connectivity index (χ2n) is 8.31. The second-order valence-corrected chi connectivity index (χ2v) is 11.6. The van der Waals surface area contributed by atoms with Crippen LogP contribution in [0.1, 0.15) is 18.7 Å². The Morgan fingerprint density at radius 1 is 1.00 bits per heavy atom. The standard InChI is InChI=1S/C25H29N3O4S2/c1-19(2)28(21-6-4-3-5-7-21)22-10-8-20(9-11-22)26-24(29)18-23-12-13-25(33-23)34(30,31)27-14-16-32-17-15-27/h3-13,19H,14-18H2,1-2H3,(H,26,29). The topological polar surface area (TPSA) is 79.0 Å². The molecule has 0 radical (unpaired) electrons. The van der Waals surface area contributed by atoms with Crippen LogP contribution < -0.4 is 10.2 Å². The van der Waals surface area contributed by atoms with E-state index in [1.807, 2.05) is 42.5 Å². The van der Waals surface area contributed by atoms with Gasteiger partial charge in [0, 0.05) is 41.1 Å². The number of para-hydroxylation sites is 1. The van der Waals surface area contributed by atoms with Crippen molar-refractivity contribution in [2.45, 2.75) is 30.5 Å². The van der Waals surface area contributed by atoms with Gasteiger partial charge in [0.1, 0.15) is 4.21 Å². The molecule has 180 valence electrons. The first-order valence-corrected chi connectivity index (χ1v) is 13.5.